The molecule has 0 spiro atoms. The van der Waals surface area contributed by atoms with Gasteiger partial charge in [-0.3, -0.25) is 4.79 Å². The Morgan fingerprint density at radius 2 is 2.16 bits per heavy atom. The Bertz CT molecular complexity index is 578. The van der Waals surface area contributed by atoms with Crippen LogP contribution in [0.15, 0.2) is 23.3 Å². The van der Waals surface area contributed by atoms with Gasteiger partial charge in [-0.25, -0.2) is 0 Å². The fourth-order valence-corrected chi connectivity index (χ4v) is 1.29. The zero-order chi connectivity index (χ0) is 14.3. The zero-order valence-corrected chi connectivity index (χ0v) is 9.61. The normalized spacial score (nSPS) is 10.1. The lowest BCUT2D eigenvalue weighted by Crippen LogP contribution is -2.08. The van der Waals surface area contributed by atoms with Crippen molar-refractivity contribution in [2.75, 3.05) is 6.54 Å². The number of hydrogen-bond donors (Lipinski definition) is 0. The highest BCUT2D eigenvalue weighted by atomic mass is 19.4. The molecule has 7 heteroatoms. The number of nitrogens with zero attached hydrogens (tertiary/aromatic N) is 3. The number of aldehydes is 1. The molecule has 98 valence electrons. The van der Waals surface area contributed by atoms with Crippen LogP contribution in [0.4, 0.5) is 13.2 Å². The molecule has 0 aromatic heterocycles. The van der Waals surface area contributed by atoms with Gasteiger partial charge in [0.2, 0.25) is 0 Å². The van der Waals surface area contributed by atoms with E-state index in [4.69, 9.17) is 5.53 Å². The van der Waals surface area contributed by atoms with Gasteiger partial charge < -0.3 is 0 Å². The first-order valence-electron chi connectivity index (χ1n) is 5.15. The average Bonchev–Trinajstić information content (AvgIpc) is 2.37. The summed E-state index contributed by atoms with van der Waals surface area (Å²) in [6, 6.07) is 3.16. The first kappa shape index (κ1) is 14.6. The van der Waals surface area contributed by atoms with Crippen LogP contribution in [-0.4, -0.2) is 12.8 Å². The van der Waals surface area contributed by atoms with Crippen molar-refractivity contribution >= 4 is 6.29 Å². The maximum absolute atomic E-state index is 12.7. The lowest BCUT2D eigenvalue weighted by atomic mass is 10.0. The van der Waals surface area contributed by atoms with Crippen molar-refractivity contribution in [3.63, 3.8) is 0 Å². The number of halogens is 3. The summed E-state index contributed by atoms with van der Waals surface area (Å²) in [6.07, 6.45) is -4.07. The van der Waals surface area contributed by atoms with Gasteiger partial charge >= 0.3 is 6.18 Å². The molecule has 4 nitrogen and oxygen atoms in total. The maximum atomic E-state index is 12.7. The number of alkyl halides is 3. The van der Waals surface area contributed by atoms with Crippen molar-refractivity contribution in [1.29, 1.82) is 0 Å². The van der Waals surface area contributed by atoms with Crippen molar-refractivity contribution in [3.8, 4) is 11.8 Å². The third kappa shape index (κ3) is 4.37. The smallest absolute Gasteiger partial charge is 0.298 e. The Balaban J connectivity index is 3.06. The SMILES string of the molecule is [N-]=[N+]=NCCC#Cc1ccc(C=O)cc1C(F)(F)F. The molecule has 1 rings (SSSR count). The largest absolute Gasteiger partial charge is 0.417 e. The van der Waals surface area contributed by atoms with Crippen LogP contribution in [0.25, 0.3) is 10.4 Å². The molecule has 0 N–H and O–H groups in total. The lowest BCUT2D eigenvalue weighted by Gasteiger charge is -2.09. The van der Waals surface area contributed by atoms with Crippen molar-refractivity contribution in [2.45, 2.75) is 12.6 Å². The monoisotopic (exact) mass is 267 g/mol. The molecule has 0 saturated carbocycles. The summed E-state index contributed by atoms with van der Waals surface area (Å²) in [5, 5.41) is 3.21. The number of rotatable bonds is 3. The van der Waals surface area contributed by atoms with E-state index < -0.39 is 11.7 Å². The van der Waals surface area contributed by atoms with Crippen LogP contribution in [0, 0.1) is 11.8 Å². The van der Waals surface area contributed by atoms with Crippen LogP contribution >= 0.6 is 0 Å². The Kier molecular flexibility index (Phi) is 4.98. The minimum absolute atomic E-state index is 0.0630. The molecule has 0 heterocycles. The van der Waals surface area contributed by atoms with E-state index in [1.165, 1.54) is 6.07 Å². The Morgan fingerprint density at radius 1 is 1.42 bits per heavy atom. The standard InChI is InChI=1S/C12H8F3N3O/c13-12(14,15)11-7-9(8-19)4-5-10(11)3-1-2-6-17-18-16/h4-5,7-8H,2,6H2. The average molecular weight is 267 g/mol. The maximum Gasteiger partial charge on any atom is 0.417 e. The van der Waals surface area contributed by atoms with Crippen molar-refractivity contribution in [3.05, 3.63) is 45.3 Å². The Hall–Kier alpha value is -2.45. The zero-order valence-electron chi connectivity index (χ0n) is 9.61. The highest BCUT2D eigenvalue weighted by molar-refractivity contribution is 5.75. The molecule has 0 atom stereocenters. The highest BCUT2D eigenvalue weighted by Gasteiger charge is 2.33. The molecular weight excluding hydrogens is 259 g/mol. The van der Waals surface area contributed by atoms with Gasteiger partial charge in [0.15, 0.2) is 0 Å². The van der Waals surface area contributed by atoms with Crippen LogP contribution < -0.4 is 0 Å². The van der Waals surface area contributed by atoms with E-state index in [9.17, 15) is 18.0 Å². The number of hydrogen-bond acceptors (Lipinski definition) is 2. The fraction of sp³-hybridized carbons (Fsp3) is 0.250. The van der Waals surface area contributed by atoms with Crippen molar-refractivity contribution in [2.24, 2.45) is 5.11 Å². The quantitative estimate of drug-likeness (QED) is 0.206. The van der Waals surface area contributed by atoms with E-state index in [1.807, 2.05) is 0 Å². The predicted octanol–water partition coefficient (Wildman–Crippen LogP) is 3.57. The fourth-order valence-electron chi connectivity index (χ4n) is 1.29. The molecule has 0 aliphatic rings. The molecule has 1 aromatic rings. The topological polar surface area (TPSA) is 65.8 Å². The first-order valence-corrected chi connectivity index (χ1v) is 5.15. The molecule has 0 saturated heterocycles. The Labute approximate surface area is 106 Å². The second-order valence-corrected chi connectivity index (χ2v) is 3.43. The van der Waals surface area contributed by atoms with E-state index in [1.54, 1.807) is 0 Å². The van der Waals surface area contributed by atoms with Crippen molar-refractivity contribution in [1.82, 2.24) is 0 Å². The van der Waals surface area contributed by atoms with Crippen molar-refractivity contribution < 1.29 is 18.0 Å². The third-order valence-corrected chi connectivity index (χ3v) is 2.11. The van der Waals surface area contributed by atoms with E-state index >= 15 is 0 Å². The van der Waals surface area contributed by atoms with E-state index in [-0.39, 0.29) is 24.1 Å². The second kappa shape index (κ2) is 6.47. The van der Waals surface area contributed by atoms with Gasteiger partial charge in [0.05, 0.1) is 5.56 Å². The summed E-state index contributed by atoms with van der Waals surface area (Å²) in [6.45, 7) is 0.0945. The minimum atomic E-state index is -4.58. The van der Waals surface area contributed by atoms with Gasteiger partial charge in [-0.2, -0.15) is 13.2 Å². The summed E-state index contributed by atoms with van der Waals surface area (Å²) in [4.78, 5) is 13.0. The lowest BCUT2D eigenvalue weighted by molar-refractivity contribution is -0.137. The van der Waals surface area contributed by atoms with Gasteiger partial charge in [0.25, 0.3) is 0 Å². The number of carbonyl (C=O) groups excluding carboxylic acids is 1. The summed E-state index contributed by atoms with van der Waals surface area (Å²) in [5.74, 6) is 4.84. The summed E-state index contributed by atoms with van der Waals surface area (Å²) < 4.78 is 38.2. The molecule has 0 unspecified atom stereocenters. The Morgan fingerprint density at radius 3 is 2.74 bits per heavy atom. The molecule has 0 fully saturated rings. The van der Waals surface area contributed by atoms with Gasteiger partial charge in [-0.15, -0.1) is 0 Å². The minimum Gasteiger partial charge on any atom is -0.298 e. The first-order chi connectivity index (χ1) is 8.99. The third-order valence-electron chi connectivity index (χ3n) is 2.11. The molecule has 0 bridgehead atoms. The highest BCUT2D eigenvalue weighted by Crippen LogP contribution is 2.32. The molecule has 0 radical (unpaired) electrons. The molecule has 1 aromatic carbocycles. The van der Waals surface area contributed by atoms with Crippen LogP contribution in [0.2, 0.25) is 0 Å². The molecule has 19 heavy (non-hydrogen) atoms. The van der Waals surface area contributed by atoms with Crippen LogP contribution in [0.5, 0.6) is 0 Å². The summed E-state index contributed by atoms with van der Waals surface area (Å²) in [7, 11) is 0. The number of benzene rings is 1. The number of azide groups is 1. The van der Waals surface area contributed by atoms with Gasteiger partial charge in [0, 0.05) is 29.0 Å². The molecule has 0 aliphatic heterocycles. The van der Waals surface area contributed by atoms with Crippen LogP contribution in [0.3, 0.4) is 0 Å². The molecule has 0 aliphatic carbocycles. The van der Waals surface area contributed by atoms with E-state index in [0.717, 1.165) is 12.1 Å². The van der Waals surface area contributed by atoms with E-state index in [0.29, 0.717) is 6.29 Å². The predicted molar refractivity (Wildman–Crippen MR) is 62.3 cm³/mol. The van der Waals surface area contributed by atoms with Gasteiger partial charge in [-0.1, -0.05) is 23.0 Å². The second-order valence-electron chi connectivity index (χ2n) is 3.43. The van der Waals surface area contributed by atoms with Crippen LogP contribution in [0.1, 0.15) is 27.9 Å². The van der Waals surface area contributed by atoms with Gasteiger partial charge in [-0.05, 0) is 17.7 Å². The number of carbonyl (C=O) groups is 1. The molecular formula is C12H8F3N3O. The summed E-state index contributed by atoms with van der Waals surface area (Å²) in [5.41, 5.74) is 6.80. The summed E-state index contributed by atoms with van der Waals surface area (Å²) >= 11 is 0. The van der Waals surface area contributed by atoms with Crippen LogP contribution in [-0.2, 0) is 6.18 Å². The molecule has 0 amide bonds. The van der Waals surface area contributed by atoms with E-state index in [2.05, 4.69) is 21.9 Å². The van der Waals surface area contributed by atoms with Gasteiger partial charge in [0.1, 0.15) is 6.29 Å².